The van der Waals surface area contributed by atoms with Crippen molar-refractivity contribution in [3.05, 3.63) is 77.9 Å². The Kier molecular flexibility index (Phi) is 5.62. The normalized spacial score (nSPS) is 11.0. The molecule has 0 fully saturated rings. The summed E-state index contributed by atoms with van der Waals surface area (Å²) in [5, 5.41) is 3.62. The van der Waals surface area contributed by atoms with E-state index in [0.29, 0.717) is 27.6 Å². The van der Waals surface area contributed by atoms with Gasteiger partial charge in [-0.25, -0.2) is 4.98 Å². The Balaban J connectivity index is 1.68. The fraction of sp³-hybridized carbons (Fsp3) is 0.0476. The van der Waals surface area contributed by atoms with Crippen LogP contribution in [0.4, 0.5) is 5.69 Å². The molecule has 0 aliphatic heterocycles. The van der Waals surface area contributed by atoms with E-state index in [1.54, 1.807) is 18.2 Å². The van der Waals surface area contributed by atoms with Crippen molar-refractivity contribution in [2.24, 2.45) is 0 Å². The Morgan fingerprint density at radius 3 is 2.71 bits per heavy atom. The molecule has 1 aromatic heterocycles. The molecular formula is C21H13ClI2N2O2. The summed E-state index contributed by atoms with van der Waals surface area (Å²) >= 11 is 10.4. The zero-order chi connectivity index (χ0) is 19.8. The molecule has 0 spiro atoms. The molecule has 1 N–H and O–H groups in total. The average molecular weight is 615 g/mol. The Morgan fingerprint density at radius 2 is 1.89 bits per heavy atom. The number of rotatable bonds is 3. The van der Waals surface area contributed by atoms with Crippen LogP contribution in [0.25, 0.3) is 22.6 Å². The molecular weight excluding hydrogens is 602 g/mol. The second-order valence-electron chi connectivity index (χ2n) is 6.24. The van der Waals surface area contributed by atoms with E-state index in [2.05, 4.69) is 55.5 Å². The maximum absolute atomic E-state index is 12.8. The van der Waals surface area contributed by atoms with Crippen molar-refractivity contribution >= 4 is 79.5 Å². The second kappa shape index (κ2) is 8.00. The highest BCUT2D eigenvalue weighted by atomic mass is 127. The van der Waals surface area contributed by atoms with Crippen molar-refractivity contribution in [2.75, 3.05) is 5.32 Å². The first-order valence-corrected chi connectivity index (χ1v) is 10.9. The molecule has 0 atom stereocenters. The Labute approximate surface area is 194 Å². The first-order valence-electron chi connectivity index (χ1n) is 8.34. The lowest BCUT2D eigenvalue weighted by molar-refractivity contribution is 0.102. The molecule has 4 aromatic rings. The standard InChI is InChI=1S/C21H13ClI2N2O2/c1-11-2-3-12(21-26-18-9-13(22)4-7-19(18)28-21)8-17(11)25-20(27)15-10-14(23)5-6-16(15)24/h2-10H,1H3,(H,25,27). The summed E-state index contributed by atoms with van der Waals surface area (Å²) in [5.74, 6) is 0.337. The summed E-state index contributed by atoms with van der Waals surface area (Å²) in [5.41, 5.74) is 4.47. The molecule has 140 valence electrons. The van der Waals surface area contributed by atoms with Crippen molar-refractivity contribution in [3.63, 3.8) is 0 Å². The molecule has 0 unspecified atom stereocenters. The van der Waals surface area contributed by atoms with Gasteiger partial charge in [-0.2, -0.15) is 0 Å². The summed E-state index contributed by atoms with van der Waals surface area (Å²) < 4.78 is 7.76. The maximum Gasteiger partial charge on any atom is 0.256 e. The number of oxazole rings is 1. The summed E-state index contributed by atoms with van der Waals surface area (Å²) in [6.45, 7) is 1.95. The average Bonchev–Trinajstić information content (AvgIpc) is 3.08. The van der Waals surface area contributed by atoms with Gasteiger partial charge >= 0.3 is 0 Å². The predicted octanol–water partition coefficient (Wildman–Crippen LogP) is 6.92. The number of carbonyl (C=O) groups excluding carboxylic acids is 1. The summed E-state index contributed by atoms with van der Waals surface area (Å²) in [6.07, 6.45) is 0. The van der Waals surface area contributed by atoms with Gasteiger partial charge < -0.3 is 9.73 Å². The molecule has 4 nitrogen and oxygen atoms in total. The van der Waals surface area contributed by atoms with Gasteiger partial charge in [0.25, 0.3) is 5.91 Å². The zero-order valence-corrected chi connectivity index (χ0v) is 19.7. The molecule has 0 aliphatic rings. The van der Waals surface area contributed by atoms with Crippen LogP contribution in [-0.2, 0) is 0 Å². The number of hydrogen-bond donors (Lipinski definition) is 1. The highest BCUT2D eigenvalue weighted by molar-refractivity contribution is 14.1. The van der Waals surface area contributed by atoms with Gasteiger partial charge in [0, 0.05) is 23.4 Å². The lowest BCUT2D eigenvalue weighted by atomic mass is 10.1. The molecule has 0 saturated carbocycles. The number of fused-ring (bicyclic) bond motifs is 1. The van der Waals surface area contributed by atoms with Crippen LogP contribution in [0, 0.1) is 14.1 Å². The minimum absolute atomic E-state index is 0.146. The lowest BCUT2D eigenvalue weighted by Gasteiger charge is -2.11. The van der Waals surface area contributed by atoms with E-state index < -0.39 is 0 Å². The number of amides is 1. The van der Waals surface area contributed by atoms with Crippen molar-refractivity contribution in [2.45, 2.75) is 6.92 Å². The SMILES string of the molecule is Cc1ccc(-c2nc3cc(Cl)ccc3o2)cc1NC(=O)c1cc(I)ccc1I. The first-order chi connectivity index (χ1) is 13.4. The smallest absolute Gasteiger partial charge is 0.256 e. The van der Waals surface area contributed by atoms with Crippen LogP contribution in [0.15, 0.2) is 59.0 Å². The minimum Gasteiger partial charge on any atom is -0.436 e. The summed E-state index contributed by atoms with van der Waals surface area (Å²) in [7, 11) is 0. The van der Waals surface area contributed by atoms with Gasteiger partial charge in [0.15, 0.2) is 5.58 Å². The van der Waals surface area contributed by atoms with Crippen molar-refractivity contribution in [1.29, 1.82) is 0 Å². The Morgan fingerprint density at radius 1 is 1.07 bits per heavy atom. The molecule has 4 rings (SSSR count). The van der Waals surface area contributed by atoms with Gasteiger partial charge in [-0.05, 0) is 106 Å². The number of carbonyl (C=O) groups is 1. The Bertz CT molecular complexity index is 1220. The predicted molar refractivity (Wildman–Crippen MR) is 129 cm³/mol. The Hall–Kier alpha value is -1.65. The van der Waals surface area contributed by atoms with Gasteiger partial charge in [-0.15, -0.1) is 0 Å². The molecule has 0 bridgehead atoms. The third-order valence-corrected chi connectivity index (χ3v) is 6.10. The quantitative estimate of drug-likeness (QED) is 0.255. The van der Waals surface area contributed by atoms with Crippen LogP contribution in [0.1, 0.15) is 15.9 Å². The van der Waals surface area contributed by atoms with E-state index in [1.165, 1.54) is 0 Å². The maximum atomic E-state index is 12.8. The van der Waals surface area contributed by atoms with Gasteiger partial charge in [-0.1, -0.05) is 17.7 Å². The van der Waals surface area contributed by atoms with Crippen molar-refractivity contribution in [3.8, 4) is 11.5 Å². The molecule has 1 heterocycles. The van der Waals surface area contributed by atoms with E-state index in [4.69, 9.17) is 16.0 Å². The number of aryl methyl sites for hydroxylation is 1. The summed E-state index contributed by atoms with van der Waals surface area (Å²) in [6, 6.07) is 16.8. The molecule has 0 aliphatic carbocycles. The van der Waals surface area contributed by atoms with Crippen LogP contribution in [0.5, 0.6) is 0 Å². The molecule has 3 aromatic carbocycles. The van der Waals surface area contributed by atoms with Crippen LogP contribution < -0.4 is 5.32 Å². The molecule has 0 saturated heterocycles. The van der Waals surface area contributed by atoms with Crippen LogP contribution in [0.2, 0.25) is 5.02 Å². The number of halogens is 3. The minimum atomic E-state index is -0.146. The number of anilines is 1. The molecule has 28 heavy (non-hydrogen) atoms. The first kappa shape index (κ1) is 19.7. The third-order valence-electron chi connectivity index (χ3n) is 4.26. The monoisotopic (exact) mass is 614 g/mol. The molecule has 1 amide bonds. The largest absolute Gasteiger partial charge is 0.436 e. The van der Waals surface area contributed by atoms with Gasteiger partial charge in [0.05, 0.1) is 5.56 Å². The topological polar surface area (TPSA) is 55.1 Å². The van der Waals surface area contributed by atoms with E-state index in [0.717, 1.165) is 24.0 Å². The fourth-order valence-electron chi connectivity index (χ4n) is 2.77. The second-order valence-corrected chi connectivity index (χ2v) is 9.08. The van der Waals surface area contributed by atoms with E-state index in [1.807, 2.05) is 43.3 Å². The molecule has 7 heteroatoms. The summed E-state index contributed by atoms with van der Waals surface area (Å²) in [4.78, 5) is 17.3. The van der Waals surface area contributed by atoms with E-state index >= 15 is 0 Å². The zero-order valence-electron chi connectivity index (χ0n) is 14.6. The number of nitrogens with zero attached hydrogens (tertiary/aromatic N) is 1. The van der Waals surface area contributed by atoms with Gasteiger partial charge in [0.2, 0.25) is 5.89 Å². The highest BCUT2D eigenvalue weighted by Gasteiger charge is 2.14. The number of nitrogens with one attached hydrogen (secondary N) is 1. The number of benzene rings is 3. The van der Waals surface area contributed by atoms with Gasteiger partial charge in [0.1, 0.15) is 5.52 Å². The van der Waals surface area contributed by atoms with Crippen LogP contribution >= 0.6 is 56.8 Å². The fourth-order valence-corrected chi connectivity index (χ4v) is 4.01. The van der Waals surface area contributed by atoms with Gasteiger partial charge in [-0.3, -0.25) is 4.79 Å². The van der Waals surface area contributed by atoms with Crippen molar-refractivity contribution in [1.82, 2.24) is 4.98 Å². The van der Waals surface area contributed by atoms with Crippen LogP contribution in [0.3, 0.4) is 0 Å². The highest BCUT2D eigenvalue weighted by Crippen LogP contribution is 2.29. The number of hydrogen-bond acceptors (Lipinski definition) is 3. The van der Waals surface area contributed by atoms with E-state index in [-0.39, 0.29) is 5.91 Å². The number of aromatic nitrogens is 1. The van der Waals surface area contributed by atoms with E-state index in [9.17, 15) is 4.79 Å². The third kappa shape index (κ3) is 4.04. The molecule has 0 radical (unpaired) electrons. The van der Waals surface area contributed by atoms with Crippen LogP contribution in [-0.4, -0.2) is 10.9 Å². The van der Waals surface area contributed by atoms with Crippen molar-refractivity contribution < 1.29 is 9.21 Å². The lowest BCUT2D eigenvalue weighted by Crippen LogP contribution is -2.14.